The molecule has 0 spiro atoms. The molecular weight excluding hydrogens is 343 g/mol. The van der Waals surface area contributed by atoms with Crippen LogP contribution in [0.1, 0.15) is 18.9 Å². The molecule has 2 rings (SSSR count). The molecule has 0 unspecified atom stereocenters. The molecule has 128 valence electrons. The van der Waals surface area contributed by atoms with Crippen molar-refractivity contribution in [3.63, 3.8) is 0 Å². The Hall–Kier alpha value is -2.21. The minimum atomic E-state index is -4.41. The number of carbonyl (C=O) groups is 1. The predicted octanol–water partition coefficient (Wildman–Crippen LogP) is 5.15. The lowest BCUT2D eigenvalue weighted by atomic mass is 10.2. The van der Waals surface area contributed by atoms with Crippen LogP contribution in [0.4, 0.5) is 18.9 Å². The zero-order valence-corrected chi connectivity index (χ0v) is 13.5. The smallest absolute Gasteiger partial charge is 0.416 e. The number of hydrogen-bond donors (Lipinski definition) is 1. The van der Waals surface area contributed by atoms with Crippen molar-refractivity contribution in [2.45, 2.75) is 25.6 Å². The largest absolute Gasteiger partial charge is 0.481 e. The van der Waals surface area contributed by atoms with E-state index >= 15 is 0 Å². The first-order valence-corrected chi connectivity index (χ1v) is 7.57. The first kappa shape index (κ1) is 18.1. The number of hydrogen-bond acceptors (Lipinski definition) is 2. The SMILES string of the molecule is CC[C@@H](Oc1ccc(Cl)cc1)C(=O)Nc1ccc(C(F)(F)F)cc1. The minimum absolute atomic E-state index is 0.270. The summed E-state index contributed by atoms with van der Waals surface area (Å²) in [6, 6.07) is 10.8. The molecule has 0 aliphatic rings. The van der Waals surface area contributed by atoms with Gasteiger partial charge in [-0.1, -0.05) is 18.5 Å². The Balaban J connectivity index is 2.02. The highest BCUT2D eigenvalue weighted by atomic mass is 35.5. The van der Waals surface area contributed by atoms with Crippen LogP contribution in [-0.2, 0) is 11.0 Å². The van der Waals surface area contributed by atoms with Gasteiger partial charge >= 0.3 is 6.18 Å². The number of rotatable bonds is 5. The van der Waals surface area contributed by atoms with E-state index in [9.17, 15) is 18.0 Å². The Labute approximate surface area is 142 Å². The summed E-state index contributed by atoms with van der Waals surface area (Å²) in [6.45, 7) is 1.77. The number of alkyl halides is 3. The van der Waals surface area contributed by atoms with Crippen LogP contribution in [-0.4, -0.2) is 12.0 Å². The van der Waals surface area contributed by atoms with Gasteiger partial charge in [0.15, 0.2) is 6.10 Å². The van der Waals surface area contributed by atoms with Crippen molar-refractivity contribution in [2.24, 2.45) is 0 Å². The second-order valence-corrected chi connectivity index (χ2v) is 5.47. The fraction of sp³-hybridized carbons (Fsp3) is 0.235. The average molecular weight is 358 g/mol. The number of ether oxygens (including phenoxy) is 1. The maximum atomic E-state index is 12.5. The molecule has 3 nitrogen and oxygen atoms in total. The molecule has 1 atom stereocenters. The maximum Gasteiger partial charge on any atom is 0.416 e. The van der Waals surface area contributed by atoms with Gasteiger partial charge < -0.3 is 10.1 Å². The highest BCUT2D eigenvalue weighted by Crippen LogP contribution is 2.29. The Morgan fingerprint density at radius 2 is 1.71 bits per heavy atom. The van der Waals surface area contributed by atoms with Crippen molar-refractivity contribution in [1.82, 2.24) is 0 Å². The zero-order valence-electron chi connectivity index (χ0n) is 12.7. The second-order valence-electron chi connectivity index (χ2n) is 5.03. The van der Waals surface area contributed by atoms with E-state index in [-0.39, 0.29) is 5.69 Å². The molecule has 0 fully saturated rings. The van der Waals surface area contributed by atoms with Gasteiger partial charge in [0, 0.05) is 10.7 Å². The van der Waals surface area contributed by atoms with Gasteiger partial charge in [0.2, 0.25) is 0 Å². The van der Waals surface area contributed by atoms with E-state index in [1.165, 1.54) is 12.1 Å². The summed E-state index contributed by atoms with van der Waals surface area (Å²) in [5.74, 6) is 0.0426. The molecule has 1 N–H and O–H groups in total. The first-order chi connectivity index (χ1) is 11.3. The van der Waals surface area contributed by atoms with Crippen LogP contribution in [0, 0.1) is 0 Å². The molecule has 0 aromatic heterocycles. The van der Waals surface area contributed by atoms with Crippen LogP contribution in [0.15, 0.2) is 48.5 Å². The quantitative estimate of drug-likeness (QED) is 0.803. The highest BCUT2D eigenvalue weighted by Gasteiger charge is 2.30. The van der Waals surface area contributed by atoms with Gasteiger partial charge in [-0.05, 0) is 55.0 Å². The molecule has 2 aromatic rings. The van der Waals surface area contributed by atoms with Gasteiger partial charge in [-0.25, -0.2) is 0 Å². The van der Waals surface area contributed by atoms with Gasteiger partial charge in [0.05, 0.1) is 5.56 Å². The molecular formula is C17H15ClF3NO2. The van der Waals surface area contributed by atoms with Crippen molar-refractivity contribution in [2.75, 3.05) is 5.32 Å². The summed E-state index contributed by atoms with van der Waals surface area (Å²) in [5, 5.41) is 3.09. The third-order valence-corrected chi connectivity index (χ3v) is 3.49. The Bertz CT molecular complexity index is 684. The fourth-order valence-corrected chi connectivity index (χ4v) is 2.09. The van der Waals surface area contributed by atoms with Crippen LogP contribution in [0.25, 0.3) is 0 Å². The maximum absolute atomic E-state index is 12.5. The molecule has 0 aliphatic heterocycles. The lowest BCUT2D eigenvalue weighted by Crippen LogP contribution is -2.32. The summed E-state index contributed by atoms with van der Waals surface area (Å²) in [7, 11) is 0. The standard InChI is InChI=1S/C17H15ClF3NO2/c1-2-15(24-14-9-5-12(18)6-10-14)16(23)22-13-7-3-11(4-8-13)17(19,20)21/h3-10,15H,2H2,1H3,(H,22,23)/t15-/m1/s1. The summed E-state index contributed by atoms with van der Waals surface area (Å²) in [6.07, 6.45) is -4.78. The Morgan fingerprint density at radius 1 is 1.12 bits per heavy atom. The van der Waals surface area contributed by atoms with E-state index in [1.807, 2.05) is 0 Å². The Morgan fingerprint density at radius 3 is 2.21 bits per heavy atom. The molecule has 1 amide bonds. The summed E-state index contributed by atoms with van der Waals surface area (Å²) >= 11 is 5.78. The van der Waals surface area contributed by atoms with E-state index in [2.05, 4.69) is 5.32 Å². The molecule has 2 aromatic carbocycles. The van der Waals surface area contributed by atoms with Crippen molar-refractivity contribution in [3.8, 4) is 5.75 Å². The number of carbonyl (C=O) groups excluding carboxylic acids is 1. The van der Waals surface area contributed by atoms with Crippen molar-refractivity contribution < 1.29 is 22.7 Å². The van der Waals surface area contributed by atoms with Crippen LogP contribution in [0.3, 0.4) is 0 Å². The van der Waals surface area contributed by atoms with Crippen molar-refractivity contribution in [3.05, 3.63) is 59.1 Å². The zero-order chi connectivity index (χ0) is 17.7. The van der Waals surface area contributed by atoms with Gasteiger partial charge in [0.1, 0.15) is 5.75 Å². The van der Waals surface area contributed by atoms with Gasteiger partial charge in [0.25, 0.3) is 5.91 Å². The number of halogens is 4. The number of nitrogens with one attached hydrogen (secondary N) is 1. The van der Waals surface area contributed by atoms with Crippen molar-refractivity contribution in [1.29, 1.82) is 0 Å². The molecule has 0 aliphatic carbocycles. The summed E-state index contributed by atoms with van der Waals surface area (Å²) < 4.78 is 43.1. The number of benzene rings is 2. The van der Waals surface area contributed by atoms with E-state index in [1.54, 1.807) is 31.2 Å². The van der Waals surface area contributed by atoms with Gasteiger partial charge in [-0.15, -0.1) is 0 Å². The monoisotopic (exact) mass is 357 g/mol. The Kier molecular flexibility index (Phi) is 5.72. The minimum Gasteiger partial charge on any atom is -0.481 e. The van der Waals surface area contributed by atoms with Crippen LogP contribution in [0.2, 0.25) is 5.02 Å². The van der Waals surface area contributed by atoms with Crippen LogP contribution < -0.4 is 10.1 Å². The third-order valence-electron chi connectivity index (χ3n) is 3.23. The third kappa shape index (κ3) is 4.89. The molecule has 24 heavy (non-hydrogen) atoms. The lowest BCUT2D eigenvalue weighted by Gasteiger charge is -2.17. The highest BCUT2D eigenvalue weighted by molar-refractivity contribution is 6.30. The predicted molar refractivity (Wildman–Crippen MR) is 86.2 cm³/mol. The van der Waals surface area contributed by atoms with E-state index in [4.69, 9.17) is 16.3 Å². The summed E-state index contributed by atoms with van der Waals surface area (Å²) in [4.78, 5) is 12.2. The van der Waals surface area contributed by atoms with Gasteiger partial charge in [-0.2, -0.15) is 13.2 Å². The molecule has 0 saturated carbocycles. The van der Waals surface area contributed by atoms with Gasteiger partial charge in [-0.3, -0.25) is 4.79 Å². The van der Waals surface area contributed by atoms with Crippen LogP contribution >= 0.6 is 11.6 Å². The topological polar surface area (TPSA) is 38.3 Å². The van der Waals surface area contributed by atoms with E-state index in [0.29, 0.717) is 17.2 Å². The first-order valence-electron chi connectivity index (χ1n) is 7.20. The molecule has 0 bridgehead atoms. The number of amides is 1. The second kappa shape index (κ2) is 7.57. The molecule has 0 saturated heterocycles. The molecule has 0 heterocycles. The fourth-order valence-electron chi connectivity index (χ4n) is 1.96. The lowest BCUT2D eigenvalue weighted by molar-refractivity contribution is -0.137. The average Bonchev–Trinajstić information content (AvgIpc) is 2.54. The molecule has 0 radical (unpaired) electrons. The summed E-state index contributed by atoms with van der Waals surface area (Å²) in [5.41, 5.74) is -0.504. The normalized spacial score (nSPS) is 12.5. The molecule has 7 heteroatoms. The van der Waals surface area contributed by atoms with Crippen molar-refractivity contribution >= 4 is 23.2 Å². The van der Waals surface area contributed by atoms with E-state index < -0.39 is 23.8 Å². The van der Waals surface area contributed by atoms with E-state index in [0.717, 1.165) is 12.1 Å². The number of anilines is 1. The van der Waals surface area contributed by atoms with Crippen LogP contribution in [0.5, 0.6) is 5.75 Å².